The van der Waals surface area contributed by atoms with E-state index in [-0.39, 0.29) is 11.5 Å². The number of rotatable bonds is 3. The average Bonchev–Trinajstić information content (AvgIpc) is 2.79. The zero-order valence-electron chi connectivity index (χ0n) is 10.2. The van der Waals surface area contributed by atoms with Crippen LogP contribution < -0.4 is 10.1 Å². The van der Waals surface area contributed by atoms with E-state index in [0.717, 1.165) is 24.9 Å². The highest BCUT2D eigenvalue weighted by molar-refractivity contribution is 5.49. The Bertz CT molecular complexity index is 414. The molecule has 94 valence electrons. The van der Waals surface area contributed by atoms with Crippen LogP contribution in [-0.2, 0) is 6.42 Å². The van der Waals surface area contributed by atoms with Crippen molar-refractivity contribution in [2.24, 2.45) is 0 Å². The van der Waals surface area contributed by atoms with Crippen molar-refractivity contribution in [2.45, 2.75) is 32.2 Å². The fourth-order valence-corrected chi connectivity index (χ4v) is 2.43. The topological polar surface area (TPSA) is 41.5 Å². The third-order valence-corrected chi connectivity index (χ3v) is 3.29. The van der Waals surface area contributed by atoms with E-state index >= 15 is 0 Å². The Morgan fingerprint density at radius 3 is 2.94 bits per heavy atom. The number of benzene rings is 1. The molecule has 0 saturated carbocycles. The minimum absolute atomic E-state index is 0.227. The molecule has 0 aliphatic carbocycles. The lowest BCUT2D eigenvalue weighted by Crippen LogP contribution is -2.24. The summed E-state index contributed by atoms with van der Waals surface area (Å²) in [6.45, 7) is 2.80. The number of phenols is 1. The summed E-state index contributed by atoms with van der Waals surface area (Å²) in [6.07, 6.45) is 2.81. The van der Waals surface area contributed by atoms with Crippen molar-refractivity contribution in [2.75, 3.05) is 13.7 Å². The Kier molecular flexibility index (Phi) is 3.52. The molecule has 1 aromatic carbocycles. The summed E-state index contributed by atoms with van der Waals surface area (Å²) in [4.78, 5) is 0. The monoisotopic (exact) mass is 239 g/mol. The van der Waals surface area contributed by atoms with E-state index in [1.165, 1.54) is 7.11 Å². The summed E-state index contributed by atoms with van der Waals surface area (Å²) in [6, 6.07) is 2.07. The van der Waals surface area contributed by atoms with Gasteiger partial charge in [0.1, 0.15) is 0 Å². The van der Waals surface area contributed by atoms with E-state index in [0.29, 0.717) is 18.0 Å². The third kappa shape index (κ3) is 2.36. The fraction of sp³-hybridized carbons (Fsp3) is 0.538. The van der Waals surface area contributed by atoms with E-state index in [9.17, 15) is 9.50 Å². The second-order valence-corrected chi connectivity index (χ2v) is 4.55. The normalized spacial score (nSPS) is 19.6. The number of aromatic hydroxyl groups is 1. The number of phenolic OH excluding ortho intramolecular Hbond substituents is 1. The van der Waals surface area contributed by atoms with Crippen LogP contribution in [0.1, 0.15) is 24.0 Å². The Balaban J connectivity index is 2.28. The lowest BCUT2D eigenvalue weighted by atomic mass is 10.0. The molecule has 0 bridgehead atoms. The quantitative estimate of drug-likeness (QED) is 0.849. The van der Waals surface area contributed by atoms with Gasteiger partial charge in [-0.15, -0.1) is 0 Å². The molecule has 3 nitrogen and oxygen atoms in total. The van der Waals surface area contributed by atoms with Crippen LogP contribution in [0, 0.1) is 12.7 Å². The summed E-state index contributed by atoms with van der Waals surface area (Å²) in [5.41, 5.74) is 1.32. The van der Waals surface area contributed by atoms with Gasteiger partial charge >= 0.3 is 0 Å². The van der Waals surface area contributed by atoms with Crippen molar-refractivity contribution in [1.29, 1.82) is 0 Å². The average molecular weight is 239 g/mol. The van der Waals surface area contributed by atoms with Gasteiger partial charge in [0, 0.05) is 6.04 Å². The summed E-state index contributed by atoms with van der Waals surface area (Å²) < 4.78 is 18.9. The first-order valence-corrected chi connectivity index (χ1v) is 5.91. The Hall–Kier alpha value is -1.29. The second-order valence-electron chi connectivity index (χ2n) is 4.55. The van der Waals surface area contributed by atoms with Crippen LogP contribution in [0.15, 0.2) is 6.07 Å². The Morgan fingerprint density at radius 2 is 2.35 bits per heavy atom. The summed E-state index contributed by atoms with van der Waals surface area (Å²) in [5.74, 6) is -0.702. The SMILES string of the molecule is COc1c(C)cc(CC2CCCN2)c(F)c1O. The van der Waals surface area contributed by atoms with E-state index < -0.39 is 5.82 Å². The molecule has 17 heavy (non-hydrogen) atoms. The minimum atomic E-state index is -0.554. The maximum atomic E-state index is 13.9. The number of aryl methyl sites for hydroxylation is 1. The standard InChI is InChI=1S/C13H18FNO2/c1-8-6-9(7-10-4-3-5-15-10)11(14)12(16)13(8)17-2/h6,10,15-16H,3-5,7H2,1-2H3. The van der Waals surface area contributed by atoms with Crippen LogP contribution >= 0.6 is 0 Å². The van der Waals surface area contributed by atoms with Crippen molar-refractivity contribution in [1.82, 2.24) is 5.32 Å². The molecule has 1 aromatic rings. The van der Waals surface area contributed by atoms with Gasteiger partial charge in [0.05, 0.1) is 7.11 Å². The highest BCUT2D eigenvalue weighted by atomic mass is 19.1. The second kappa shape index (κ2) is 4.92. The first-order chi connectivity index (χ1) is 8.13. The smallest absolute Gasteiger partial charge is 0.194 e. The molecule has 0 spiro atoms. The predicted octanol–water partition coefficient (Wildman–Crippen LogP) is 2.14. The van der Waals surface area contributed by atoms with Gasteiger partial charge in [0.2, 0.25) is 0 Å². The third-order valence-electron chi connectivity index (χ3n) is 3.29. The largest absolute Gasteiger partial charge is 0.502 e. The molecule has 1 aliphatic rings. The summed E-state index contributed by atoms with van der Waals surface area (Å²) >= 11 is 0. The molecule has 0 radical (unpaired) electrons. The van der Waals surface area contributed by atoms with E-state index in [1.807, 2.05) is 6.92 Å². The van der Waals surface area contributed by atoms with Crippen molar-refractivity contribution in [3.8, 4) is 11.5 Å². The van der Waals surface area contributed by atoms with Crippen molar-refractivity contribution in [3.05, 3.63) is 23.0 Å². The van der Waals surface area contributed by atoms with Gasteiger partial charge in [-0.1, -0.05) is 0 Å². The zero-order chi connectivity index (χ0) is 12.4. The lowest BCUT2D eigenvalue weighted by Gasteiger charge is -2.15. The molecule has 2 rings (SSSR count). The molecular weight excluding hydrogens is 221 g/mol. The first-order valence-electron chi connectivity index (χ1n) is 5.91. The van der Waals surface area contributed by atoms with Gasteiger partial charge in [-0.2, -0.15) is 0 Å². The molecule has 1 unspecified atom stereocenters. The zero-order valence-corrected chi connectivity index (χ0v) is 10.2. The van der Waals surface area contributed by atoms with E-state index in [1.54, 1.807) is 6.07 Å². The number of nitrogens with one attached hydrogen (secondary N) is 1. The molecule has 0 amide bonds. The van der Waals surface area contributed by atoms with Crippen molar-refractivity contribution in [3.63, 3.8) is 0 Å². The van der Waals surface area contributed by atoms with Crippen LogP contribution in [0.5, 0.6) is 11.5 Å². The highest BCUT2D eigenvalue weighted by Gasteiger charge is 2.21. The van der Waals surface area contributed by atoms with Crippen LogP contribution in [0.3, 0.4) is 0 Å². The van der Waals surface area contributed by atoms with Gasteiger partial charge in [-0.3, -0.25) is 0 Å². The summed E-state index contributed by atoms with van der Waals surface area (Å²) in [5, 5.41) is 13.0. The maximum absolute atomic E-state index is 13.9. The van der Waals surface area contributed by atoms with Crippen LogP contribution in [0.25, 0.3) is 0 Å². The molecule has 1 saturated heterocycles. The molecule has 0 aromatic heterocycles. The highest BCUT2D eigenvalue weighted by Crippen LogP contribution is 2.35. The minimum Gasteiger partial charge on any atom is -0.502 e. The lowest BCUT2D eigenvalue weighted by molar-refractivity contribution is 0.352. The molecule has 1 fully saturated rings. The molecule has 1 aliphatic heterocycles. The van der Waals surface area contributed by atoms with Crippen LogP contribution in [0.2, 0.25) is 0 Å². The predicted molar refractivity (Wildman–Crippen MR) is 64.1 cm³/mol. The van der Waals surface area contributed by atoms with E-state index in [2.05, 4.69) is 5.32 Å². The molecular formula is C13H18FNO2. The van der Waals surface area contributed by atoms with Crippen molar-refractivity contribution >= 4 is 0 Å². The number of methoxy groups -OCH3 is 1. The number of hydrogen-bond acceptors (Lipinski definition) is 3. The van der Waals surface area contributed by atoms with E-state index in [4.69, 9.17) is 4.74 Å². The Morgan fingerprint density at radius 1 is 1.59 bits per heavy atom. The summed E-state index contributed by atoms with van der Waals surface area (Å²) in [7, 11) is 1.43. The number of halogens is 1. The van der Waals surface area contributed by atoms with Gasteiger partial charge in [-0.25, -0.2) is 4.39 Å². The molecule has 1 heterocycles. The first kappa shape index (κ1) is 12.2. The van der Waals surface area contributed by atoms with Gasteiger partial charge < -0.3 is 15.2 Å². The molecule has 2 N–H and O–H groups in total. The van der Waals surface area contributed by atoms with Gasteiger partial charge in [0.25, 0.3) is 0 Å². The molecule has 4 heteroatoms. The van der Waals surface area contributed by atoms with Crippen LogP contribution in [0.4, 0.5) is 4.39 Å². The molecule has 1 atom stereocenters. The number of hydrogen-bond donors (Lipinski definition) is 2. The number of ether oxygens (including phenoxy) is 1. The Labute approximate surface area is 101 Å². The fourth-order valence-electron chi connectivity index (χ4n) is 2.43. The van der Waals surface area contributed by atoms with Crippen molar-refractivity contribution < 1.29 is 14.2 Å². The van der Waals surface area contributed by atoms with Gasteiger partial charge in [-0.05, 0) is 49.9 Å². The maximum Gasteiger partial charge on any atom is 0.194 e. The van der Waals surface area contributed by atoms with Gasteiger partial charge in [0.15, 0.2) is 17.3 Å². The van der Waals surface area contributed by atoms with Crippen LogP contribution in [-0.4, -0.2) is 24.8 Å².